The molecule has 6 nitrogen and oxygen atoms in total. The lowest BCUT2D eigenvalue weighted by Gasteiger charge is -2.22. The number of carbonyl (C=O) groups is 1. The molecule has 4 aromatic rings. The van der Waals surface area contributed by atoms with Gasteiger partial charge in [-0.15, -0.1) is 0 Å². The van der Waals surface area contributed by atoms with E-state index in [0.717, 1.165) is 11.1 Å². The highest BCUT2D eigenvalue weighted by Gasteiger charge is 2.44. The van der Waals surface area contributed by atoms with Crippen LogP contribution < -0.4 is 10.3 Å². The maximum Gasteiger partial charge on any atom is 0.296 e. The Labute approximate surface area is 170 Å². The molecule has 29 heavy (non-hydrogen) atoms. The minimum absolute atomic E-state index is 0.0102. The molecule has 0 radical (unpaired) electrons. The Morgan fingerprint density at radius 1 is 1.03 bits per heavy atom. The molecule has 0 bridgehead atoms. The SMILES string of the molecule is Cc1ccc([C@H]2c3c(oc4ccc(Cl)cc4c3=O)C(=O)N2c2cc(C)on2)cc1. The summed E-state index contributed by atoms with van der Waals surface area (Å²) in [6, 6.07) is 13.4. The lowest BCUT2D eigenvalue weighted by atomic mass is 9.98. The second-order valence-corrected chi connectivity index (χ2v) is 7.54. The first kappa shape index (κ1) is 17.7. The number of anilines is 1. The van der Waals surface area contributed by atoms with E-state index in [0.29, 0.717) is 27.6 Å². The Balaban J connectivity index is 1.83. The van der Waals surface area contributed by atoms with Crippen LogP contribution in [0.1, 0.15) is 39.0 Å². The van der Waals surface area contributed by atoms with Gasteiger partial charge in [0.1, 0.15) is 11.3 Å². The minimum Gasteiger partial charge on any atom is -0.450 e. The molecular weight excluding hydrogens is 392 g/mol. The number of amides is 1. The van der Waals surface area contributed by atoms with E-state index in [-0.39, 0.29) is 16.8 Å². The molecule has 5 rings (SSSR count). The third-order valence-corrected chi connectivity index (χ3v) is 5.32. The second kappa shape index (κ2) is 6.32. The average Bonchev–Trinajstić information content (AvgIpc) is 3.25. The van der Waals surface area contributed by atoms with Gasteiger partial charge in [0, 0.05) is 11.1 Å². The molecule has 1 amide bonds. The van der Waals surface area contributed by atoms with Crippen LogP contribution in [0.4, 0.5) is 5.82 Å². The van der Waals surface area contributed by atoms with Crippen LogP contribution in [0, 0.1) is 13.8 Å². The lowest BCUT2D eigenvalue weighted by Crippen LogP contribution is -2.29. The fraction of sp³-hybridized carbons (Fsp3) is 0.136. The Kier molecular flexibility index (Phi) is 3.86. The highest BCUT2D eigenvalue weighted by molar-refractivity contribution is 6.31. The van der Waals surface area contributed by atoms with Gasteiger partial charge in [0.25, 0.3) is 5.91 Å². The third kappa shape index (κ3) is 2.68. The Morgan fingerprint density at radius 3 is 2.48 bits per heavy atom. The Bertz CT molecular complexity index is 1340. The van der Waals surface area contributed by atoms with E-state index in [1.807, 2.05) is 31.2 Å². The van der Waals surface area contributed by atoms with Gasteiger partial charge in [0.15, 0.2) is 11.2 Å². The van der Waals surface area contributed by atoms with Crippen LogP contribution in [0.2, 0.25) is 5.02 Å². The number of hydrogen-bond donors (Lipinski definition) is 0. The van der Waals surface area contributed by atoms with E-state index in [9.17, 15) is 9.59 Å². The van der Waals surface area contributed by atoms with Crippen molar-refractivity contribution in [1.29, 1.82) is 0 Å². The smallest absolute Gasteiger partial charge is 0.296 e. The largest absolute Gasteiger partial charge is 0.450 e. The van der Waals surface area contributed by atoms with Crippen molar-refractivity contribution in [3.05, 3.63) is 92.0 Å². The highest BCUT2D eigenvalue weighted by atomic mass is 35.5. The summed E-state index contributed by atoms with van der Waals surface area (Å²) in [5.74, 6) is 0.456. The van der Waals surface area contributed by atoms with Gasteiger partial charge in [-0.2, -0.15) is 0 Å². The van der Waals surface area contributed by atoms with Crippen LogP contribution in [0.5, 0.6) is 0 Å². The zero-order valence-electron chi connectivity index (χ0n) is 15.6. The van der Waals surface area contributed by atoms with Crippen molar-refractivity contribution in [3.63, 3.8) is 0 Å². The number of nitrogens with zero attached hydrogens (tertiary/aromatic N) is 2. The predicted octanol–water partition coefficient (Wildman–Crippen LogP) is 4.80. The van der Waals surface area contributed by atoms with Crippen molar-refractivity contribution >= 4 is 34.3 Å². The van der Waals surface area contributed by atoms with Crippen molar-refractivity contribution in [2.45, 2.75) is 19.9 Å². The molecule has 144 valence electrons. The summed E-state index contributed by atoms with van der Waals surface area (Å²) in [6.07, 6.45) is 0. The van der Waals surface area contributed by atoms with E-state index < -0.39 is 11.9 Å². The van der Waals surface area contributed by atoms with Gasteiger partial charge < -0.3 is 8.94 Å². The van der Waals surface area contributed by atoms with Gasteiger partial charge in [0.05, 0.1) is 17.0 Å². The summed E-state index contributed by atoms with van der Waals surface area (Å²) in [6.45, 7) is 3.71. The van der Waals surface area contributed by atoms with Gasteiger partial charge in [-0.1, -0.05) is 46.6 Å². The van der Waals surface area contributed by atoms with E-state index in [1.54, 1.807) is 31.2 Å². The molecule has 0 aliphatic carbocycles. The summed E-state index contributed by atoms with van der Waals surface area (Å²) in [5.41, 5.74) is 2.14. The zero-order valence-corrected chi connectivity index (χ0v) is 16.4. The van der Waals surface area contributed by atoms with Crippen LogP contribution in [-0.2, 0) is 0 Å². The van der Waals surface area contributed by atoms with Crippen LogP contribution >= 0.6 is 11.6 Å². The molecular formula is C22H15ClN2O4. The molecule has 0 N–H and O–H groups in total. The fourth-order valence-electron chi connectivity index (χ4n) is 3.71. The maximum atomic E-state index is 13.4. The van der Waals surface area contributed by atoms with Gasteiger partial charge in [-0.05, 0) is 37.6 Å². The summed E-state index contributed by atoms with van der Waals surface area (Å²) in [7, 11) is 0. The molecule has 0 saturated carbocycles. The molecule has 1 atom stereocenters. The van der Waals surface area contributed by atoms with Crippen molar-refractivity contribution in [1.82, 2.24) is 5.16 Å². The van der Waals surface area contributed by atoms with Gasteiger partial charge >= 0.3 is 0 Å². The molecule has 3 heterocycles. The molecule has 2 aromatic heterocycles. The second-order valence-electron chi connectivity index (χ2n) is 7.10. The molecule has 2 aromatic carbocycles. The number of aryl methyl sites for hydroxylation is 2. The molecule has 0 unspecified atom stereocenters. The summed E-state index contributed by atoms with van der Waals surface area (Å²) in [5, 5.41) is 4.76. The monoisotopic (exact) mass is 406 g/mol. The third-order valence-electron chi connectivity index (χ3n) is 5.09. The molecule has 0 fully saturated rings. The first-order chi connectivity index (χ1) is 13.9. The molecule has 0 saturated heterocycles. The summed E-state index contributed by atoms with van der Waals surface area (Å²) >= 11 is 6.09. The number of fused-ring (bicyclic) bond motifs is 2. The fourth-order valence-corrected chi connectivity index (χ4v) is 3.88. The standard InChI is InChI=1S/C22H15ClN2O4/c1-11-3-5-13(6-4-11)19-18-20(26)15-10-14(23)7-8-16(15)28-21(18)22(27)25(19)17-9-12(2)29-24-17/h3-10,19H,1-2H3/t19-/m0/s1. The average molecular weight is 407 g/mol. The van der Waals surface area contributed by atoms with Crippen molar-refractivity contribution in [2.24, 2.45) is 0 Å². The predicted molar refractivity (Wildman–Crippen MR) is 109 cm³/mol. The molecule has 1 aliphatic rings. The van der Waals surface area contributed by atoms with Crippen molar-refractivity contribution in [3.8, 4) is 0 Å². The molecule has 7 heteroatoms. The van der Waals surface area contributed by atoms with E-state index in [1.165, 1.54) is 4.90 Å². The number of aromatic nitrogens is 1. The first-order valence-corrected chi connectivity index (χ1v) is 9.41. The van der Waals surface area contributed by atoms with Crippen LogP contribution in [0.25, 0.3) is 11.0 Å². The number of hydrogen-bond acceptors (Lipinski definition) is 5. The van der Waals surface area contributed by atoms with Crippen molar-refractivity contribution < 1.29 is 13.7 Å². The van der Waals surface area contributed by atoms with E-state index in [2.05, 4.69) is 5.16 Å². The number of carbonyl (C=O) groups excluding carboxylic acids is 1. The normalized spacial score (nSPS) is 15.9. The van der Waals surface area contributed by atoms with Crippen LogP contribution in [0.3, 0.4) is 0 Å². The van der Waals surface area contributed by atoms with E-state index in [4.69, 9.17) is 20.5 Å². The number of benzene rings is 2. The highest BCUT2D eigenvalue weighted by Crippen LogP contribution is 2.41. The van der Waals surface area contributed by atoms with E-state index >= 15 is 0 Å². The van der Waals surface area contributed by atoms with Crippen LogP contribution in [0.15, 0.2) is 62.3 Å². The Morgan fingerprint density at radius 2 is 1.79 bits per heavy atom. The topological polar surface area (TPSA) is 76.6 Å². The van der Waals surface area contributed by atoms with Crippen molar-refractivity contribution in [2.75, 3.05) is 4.90 Å². The van der Waals surface area contributed by atoms with Gasteiger partial charge in [-0.25, -0.2) is 0 Å². The number of halogens is 1. The summed E-state index contributed by atoms with van der Waals surface area (Å²) < 4.78 is 11.1. The van der Waals surface area contributed by atoms with Gasteiger partial charge in [0.2, 0.25) is 5.76 Å². The number of rotatable bonds is 2. The molecule has 0 spiro atoms. The summed E-state index contributed by atoms with van der Waals surface area (Å²) in [4.78, 5) is 28.2. The first-order valence-electron chi connectivity index (χ1n) is 9.04. The van der Waals surface area contributed by atoms with Gasteiger partial charge in [-0.3, -0.25) is 14.5 Å². The molecule has 1 aliphatic heterocycles. The minimum atomic E-state index is -0.678. The zero-order chi connectivity index (χ0) is 20.3. The lowest BCUT2D eigenvalue weighted by molar-refractivity contribution is 0.0969. The quantitative estimate of drug-likeness (QED) is 0.478. The Hall–Kier alpha value is -3.38. The van der Waals surface area contributed by atoms with Crippen LogP contribution in [-0.4, -0.2) is 11.1 Å². The maximum absolute atomic E-state index is 13.4.